The first-order valence-corrected chi connectivity index (χ1v) is 12.9. The van der Waals surface area contributed by atoms with Crippen LogP contribution in [-0.2, 0) is 4.79 Å². The molecule has 0 spiro atoms. The molecule has 3 aromatic carbocycles. The number of nitrogens with one attached hydrogen (secondary N) is 1. The minimum absolute atomic E-state index is 0.139. The molecule has 0 radical (unpaired) electrons. The Morgan fingerprint density at radius 1 is 0.974 bits per heavy atom. The third-order valence-electron chi connectivity index (χ3n) is 5.84. The third kappa shape index (κ3) is 6.37. The molecule has 4 aromatic rings. The molecule has 39 heavy (non-hydrogen) atoms. The lowest BCUT2D eigenvalue weighted by Crippen LogP contribution is -2.12. The van der Waals surface area contributed by atoms with Gasteiger partial charge in [0.2, 0.25) is 5.91 Å². The number of carbonyl (C=O) groups is 2. The number of aromatic carboxylic acids is 1. The zero-order valence-electron chi connectivity index (χ0n) is 21.3. The number of rotatable bonds is 10. The molecule has 4 rings (SSSR count). The Kier molecular flexibility index (Phi) is 8.82. The van der Waals surface area contributed by atoms with Crippen molar-refractivity contribution < 1.29 is 24.2 Å². The van der Waals surface area contributed by atoms with Gasteiger partial charge in [-0.2, -0.15) is 5.26 Å². The van der Waals surface area contributed by atoms with E-state index in [-0.39, 0.29) is 17.9 Å². The summed E-state index contributed by atoms with van der Waals surface area (Å²) in [5.74, 6) is 0.144. The predicted octanol–water partition coefficient (Wildman–Crippen LogP) is 6.12. The predicted molar refractivity (Wildman–Crippen MR) is 150 cm³/mol. The van der Waals surface area contributed by atoms with Crippen molar-refractivity contribution >= 4 is 29.3 Å². The molecule has 2 N–H and O–H groups in total. The Labute approximate surface area is 230 Å². The third-order valence-corrected chi connectivity index (χ3v) is 6.82. The van der Waals surface area contributed by atoms with E-state index in [2.05, 4.69) is 11.4 Å². The number of nitriles is 1. The highest BCUT2D eigenvalue weighted by atomic mass is 32.2. The van der Waals surface area contributed by atoms with Gasteiger partial charge in [0.05, 0.1) is 31.0 Å². The van der Waals surface area contributed by atoms with Crippen LogP contribution in [0.3, 0.4) is 0 Å². The van der Waals surface area contributed by atoms with Crippen molar-refractivity contribution in [2.45, 2.75) is 11.4 Å². The van der Waals surface area contributed by atoms with E-state index in [0.717, 1.165) is 5.56 Å². The number of methoxy groups -OCH3 is 2. The second-order valence-corrected chi connectivity index (χ2v) is 9.37. The van der Waals surface area contributed by atoms with Gasteiger partial charge in [-0.25, -0.2) is 9.78 Å². The topological polar surface area (TPSA) is 122 Å². The summed E-state index contributed by atoms with van der Waals surface area (Å²) in [7, 11) is 3.11. The Balaban J connectivity index is 1.63. The number of ether oxygens (including phenoxy) is 2. The maximum atomic E-state index is 12.6. The quantitative estimate of drug-likeness (QED) is 0.231. The van der Waals surface area contributed by atoms with Crippen molar-refractivity contribution in [3.63, 3.8) is 0 Å². The van der Waals surface area contributed by atoms with Crippen LogP contribution in [0.2, 0.25) is 0 Å². The van der Waals surface area contributed by atoms with E-state index in [1.54, 1.807) is 32.4 Å². The number of para-hydroxylation sites is 1. The molecule has 0 bridgehead atoms. The second-order valence-electron chi connectivity index (χ2n) is 8.28. The fourth-order valence-electron chi connectivity index (χ4n) is 3.96. The van der Waals surface area contributed by atoms with E-state index >= 15 is 0 Å². The number of nitrogens with zero attached hydrogens (tertiary/aromatic N) is 2. The van der Waals surface area contributed by atoms with Gasteiger partial charge >= 0.3 is 5.97 Å². The molecule has 0 fully saturated rings. The maximum Gasteiger partial charge on any atom is 0.335 e. The average molecular weight is 540 g/mol. The standard InChI is InChI=1S/C30H25N3O5S/c1-37-26-10-6-9-22(28(26)38-2)23-17-25(19-7-4-3-5-8-19)33-29(24(23)18-31)39-16-15-27(34)32-21-13-11-20(12-14-21)30(35)36/h3-14,17H,15-16H2,1-2H3,(H,32,34)(H,35,36). The van der Waals surface area contributed by atoms with Crippen molar-refractivity contribution in [1.82, 2.24) is 4.98 Å². The number of thioether (sulfide) groups is 1. The highest BCUT2D eigenvalue weighted by Crippen LogP contribution is 2.42. The number of benzene rings is 3. The van der Waals surface area contributed by atoms with Gasteiger partial charge in [-0.1, -0.05) is 42.5 Å². The van der Waals surface area contributed by atoms with Gasteiger partial charge < -0.3 is 19.9 Å². The van der Waals surface area contributed by atoms with Crippen LogP contribution in [0.25, 0.3) is 22.4 Å². The van der Waals surface area contributed by atoms with Crippen molar-refractivity contribution in [2.75, 3.05) is 25.3 Å². The van der Waals surface area contributed by atoms with Crippen LogP contribution in [0.5, 0.6) is 11.5 Å². The summed E-state index contributed by atoms with van der Waals surface area (Å²) in [6, 6.07) is 25.2. The van der Waals surface area contributed by atoms with Gasteiger partial charge in [0.1, 0.15) is 11.1 Å². The van der Waals surface area contributed by atoms with Crippen LogP contribution in [0.15, 0.2) is 83.9 Å². The van der Waals surface area contributed by atoms with Crippen LogP contribution in [0.4, 0.5) is 5.69 Å². The molecule has 9 heteroatoms. The lowest BCUT2D eigenvalue weighted by molar-refractivity contribution is -0.115. The molecule has 1 aromatic heterocycles. The van der Waals surface area contributed by atoms with Crippen LogP contribution in [0.1, 0.15) is 22.3 Å². The smallest absolute Gasteiger partial charge is 0.335 e. The van der Waals surface area contributed by atoms with Crippen LogP contribution >= 0.6 is 11.8 Å². The average Bonchev–Trinajstić information content (AvgIpc) is 2.96. The number of carboxylic acids is 1. The van der Waals surface area contributed by atoms with Gasteiger partial charge in [-0.3, -0.25) is 4.79 Å². The van der Waals surface area contributed by atoms with Gasteiger partial charge in [-0.15, -0.1) is 11.8 Å². The summed E-state index contributed by atoms with van der Waals surface area (Å²) in [4.78, 5) is 28.4. The minimum Gasteiger partial charge on any atom is -0.493 e. The zero-order valence-corrected chi connectivity index (χ0v) is 22.1. The van der Waals surface area contributed by atoms with Crippen molar-refractivity contribution in [2.24, 2.45) is 0 Å². The highest BCUT2D eigenvalue weighted by Gasteiger charge is 2.20. The highest BCUT2D eigenvalue weighted by molar-refractivity contribution is 7.99. The van der Waals surface area contributed by atoms with E-state index in [0.29, 0.717) is 50.3 Å². The maximum absolute atomic E-state index is 12.6. The number of hydrogen-bond donors (Lipinski definition) is 2. The normalized spacial score (nSPS) is 10.4. The molecule has 0 aliphatic heterocycles. The second kappa shape index (κ2) is 12.6. The number of anilines is 1. The molecule has 1 amide bonds. The Morgan fingerprint density at radius 2 is 1.72 bits per heavy atom. The first-order valence-electron chi connectivity index (χ1n) is 11.9. The zero-order chi connectivity index (χ0) is 27.8. The van der Waals surface area contributed by atoms with Gasteiger partial charge in [0.15, 0.2) is 11.5 Å². The van der Waals surface area contributed by atoms with E-state index in [1.165, 1.54) is 23.9 Å². The summed E-state index contributed by atoms with van der Waals surface area (Å²) >= 11 is 1.31. The molecule has 0 aliphatic carbocycles. The summed E-state index contributed by atoms with van der Waals surface area (Å²) in [6.45, 7) is 0. The van der Waals surface area contributed by atoms with E-state index in [1.807, 2.05) is 48.5 Å². The summed E-state index contributed by atoms with van der Waals surface area (Å²) in [5, 5.41) is 22.5. The molecule has 1 heterocycles. The lowest BCUT2D eigenvalue weighted by Gasteiger charge is -2.16. The van der Waals surface area contributed by atoms with Gasteiger partial charge in [0, 0.05) is 34.6 Å². The van der Waals surface area contributed by atoms with Gasteiger partial charge in [0.25, 0.3) is 0 Å². The molecule has 0 atom stereocenters. The number of pyridine rings is 1. The molecular formula is C30H25N3O5S. The van der Waals surface area contributed by atoms with E-state index < -0.39 is 5.97 Å². The van der Waals surface area contributed by atoms with Gasteiger partial charge in [-0.05, 0) is 36.4 Å². The van der Waals surface area contributed by atoms with Crippen molar-refractivity contribution in [3.8, 4) is 40.0 Å². The summed E-state index contributed by atoms with van der Waals surface area (Å²) in [6.07, 6.45) is 0.158. The molecule has 0 unspecified atom stereocenters. The number of carbonyl (C=O) groups excluding carboxylic acids is 1. The van der Waals surface area contributed by atoms with Crippen LogP contribution < -0.4 is 14.8 Å². The van der Waals surface area contributed by atoms with Crippen LogP contribution in [-0.4, -0.2) is 41.9 Å². The molecule has 0 saturated heterocycles. The summed E-state index contributed by atoms with van der Waals surface area (Å²) in [5.41, 5.74) is 3.92. The van der Waals surface area contributed by atoms with Crippen molar-refractivity contribution in [3.05, 3.63) is 90.0 Å². The molecule has 0 saturated carbocycles. The lowest BCUT2D eigenvalue weighted by atomic mass is 9.98. The number of hydrogen-bond acceptors (Lipinski definition) is 7. The Hall–Kier alpha value is -4.81. The molecule has 196 valence electrons. The number of carboxylic acid groups (broad SMARTS) is 1. The largest absolute Gasteiger partial charge is 0.493 e. The molecule has 8 nitrogen and oxygen atoms in total. The molecule has 0 aliphatic rings. The first-order chi connectivity index (χ1) is 18.9. The molecular weight excluding hydrogens is 514 g/mol. The van der Waals surface area contributed by atoms with E-state index in [4.69, 9.17) is 19.6 Å². The number of aromatic nitrogens is 1. The number of amides is 1. The first kappa shape index (κ1) is 27.2. The Bertz CT molecular complexity index is 1530. The minimum atomic E-state index is -1.03. The Morgan fingerprint density at radius 3 is 2.36 bits per heavy atom. The monoisotopic (exact) mass is 539 g/mol. The summed E-state index contributed by atoms with van der Waals surface area (Å²) < 4.78 is 11.1. The van der Waals surface area contributed by atoms with Crippen LogP contribution in [0, 0.1) is 11.3 Å². The van der Waals surface area contributed by atoms with Crippen molar-refractivity contribution in [1.29, 1.82) is 5.26 Å². The SMILES string of the molecule is COc1cccc(-c2cc(-c3ccccc3)nc(SCCC(=O)Nc3ccc(C(=O)O)cc3)c2C#N)c1OC. The van der Waals surface area contributed by atoms with E-state index in [9.17, 15) is 14.9 Å². The fourth-order valence-corrected chi connectivity index (χ4v) is 4.91. The fraction of sp³-hybridized carbons (Fsp3) is 0.133.